The van der Waals surface area contributed by atoms with E-state index < -0.39 is 0 Å². The van der Waals surface area contributed by atoms with E-state index in [4.69, 9.17) is 5.73 Å². The molecule has 0 spiro atoms. The van der Waals surface area contributed by atoms with Crippen molar-refractivity contribution < 1.29 is 0 Å². The van der Waals surface area contributed by atoms with E-state index in [1.54, 1.807) is 12.4 Å². The van der Waals surface area contributed by atoms with Crippen LogP contribution in [0.25, 0.3) is 0 Å². The SMILES string of the molecule is CC1CCCC(C(N)c2ncccn2)C1. The van der Waals surface area contributed by atoms with Crippen LogP contribution in [-0.2, 0) is 0 Å². The first-order valence-electron chi connectivity index (χ1n) is 5.80. The highest BCUT2D eigenvalue weighted by Gasteiger charge is 2.26. The summed E-state index contributed by atoms with van der Waals surface area (Å²) in [6.45, 7) is 2.31. The van der Waals surface area contributed by atoms with Gasteiger partial charge in [0.2, 0.25) is 0 Å². The van der Waals surface area contributed by atoms with Crippen LogP contribution in [0.15, 0.2) is 18.5 Å². The molecule has 2 rings (SSSR count). The number of nitrogens with two attached hydrogens (primary N) is 1. The van der Waals surface area contributed by atoms with Crippen molar-refractivity contribution in [2.45, 2.75) is 38.6 Å². The molecule has 15 heavy (non-hydrogen) atoms. The molecule has 3 heteroatoms. The van der Waals surface area contributed by atoms with Crippen molar-refractivity contribution in [1.29, 1.82) is 0 Å². The van der Waals surface area contributed by atoms with Crippen molar-refractivity contribution in [1.82, 2.24) is 9.97 Å². The van der Waals surface area contributed by atoms with Crippen LogP contribution in [0, 0.1) is 11.8 Å². The minimum Gasteiger partial charge on any atom is -0.321 e. The van der Waals surface area contributed by atoms with Crippen LogP contribution >= 0.6 is 0 Å². The molecule has 0 aliphatic heterocycles. The number of hydrogen-bond donors (Lipinski definition) is 1. The second kappa shape index (κ2) is 4.71. The van der Waals surface area contributed by atoms with Crippen LogP contribution in [0.1, 0.15) is 44.5 Å². The fourth-order valence-electron chi connectivity index (χ4n) is 2.50. The van der Waals surface area contributed by atoms with E-state index in [0.717, 1.165) is 11.7 Å². The summed E-state index contributed by atoms with van der Waals surface area (Å²) in [7, 11) is 0. The molecule has 0 aromatic carbocycles. The van der Waals surface area contributed by atoms with Gasteiger partial charge in [-0.1, -0.05) is 19.8 Å². The number of rotatable bonds is 2. The average Bonchev–Trinajstić information content (AvgIpc) is 2.29. The first-order valence-corrected chi connectivity index (χ1v) is 5.80. The largest absolute Gasteiger partial charge is 0.321 e. The predicted octanol–water partition coefficient (Wildman–Crippen LogP) is 2.30. The molecule has 1 aliphatic rings. The maximum Gasteiger partial charge on any atom is 0.145 e. The number of aromatic nitrogens is 2. The van der Waals surface area contributed by atoms with Crippen molar-refractivity contribution in [3.8, 4) is 0 Å². The zero-order valence-electron chi connectivity index (χ0n) is 9.26. The topological polar surface area (TPSA) is 51.8 Å². The molecule has 1 fully saturated rings. The van der Waals surface area contributed by atoms with Crippen LogP contribution in [0.3, 0.4) is 0 Å². The van der Waals surface area contributed by atoms with Crippen LogP contribution in [-0.4, -0.2) is 9.97 Å². The van der Waals surface area contributed by atoms with Crippen molar-refractivity contribution in [2.24, 2.45) is 17.6 Å². The van der Waals surface area contributed by atoms with E-state index in [1.165, 1.54) is 25.7 Å². The Morgan fingerprint density at radius 3 is 2.73 bits per heavy atom. The number of hydrogen-bond acceptors (Lipinski definition) is 3. The van der Waals surface area contributed by atoms with Crippen LogP contribution < -0.4 is 5.73 Å². The van der Waals surface area contributed by atoms with Gasteiger partial charge in [-0.15, -0.1) is 0 Å². The Bertz CT molecular complexity index is 299. The Labute approximate surface area is 91.1 Å². The molecule has 1 aromatic heterocycles. The van der Waals surface area contributed by atoms with Crippen molar-refractivity contribution in [2.75, 3.05) is 0 Å². The predicted molar refractivity (Wildman–Crippen MR) is 60.1 cm³/mol. The standard InChI is InChI=1S/C12H19N3/c1-9-4-2-5-10(8-9)11(13)12-14-6-3-7-15-12/h3,6-7,9-11H,2,4-5,8,13H2,1H3. The third kappa shape index (κ3) is 2.53. The lowest BCUT2D eigenvalue weighted by molar-refractivity contribution is 0.243. The fourth-order valence-corrected chi connectivity index (χ4v) is 2.50. The van der Waals surface area contributed by atoms with Gasteiger partial charge in [0, 0.05) is 12.4 Å². The average molecular weight is 205 g/mol. The molecule has 0 saturated heterocycles. The van der Waals surface area contributed by atoms with E-state index in [0.29, 0.717) is 5.92 Å². The normalized spacial score (nSPS) is 28.7. The molecule has 1 saturated carbocycles. The summed E-state index contributed by atoms with van der Waals surface area (Å²) < 4.78 is 0. The van der Waals surface area contributed by atoms with Gasteiger partial charge in [0.05, 0.1) is 6.04 Å². The Balaban J connectivity index is 2.04. The third-order valence-corrected chi connectivity index (χ3v) is 3.37. The molecule has 1 aliphatic carbocycles. The van der Waals surface area contributed by atoms with E-state index in [-0.39, 0.29) is 6.04 Å². The van der Waals surface area contributed by atoms with E-state index in [2.05, 4.69) is 16.9 Å². The summed E-state index contributed by atoms with van der Waals surface area (Å²) >= 11 is 0. The van der Waals surface area contributed by atoms with Gasteiger partial charge >= 0.3 is 0 Å². The molecule has 3 unspecified atom stereocenters. The monoisotopic (exact) mass is 205 g/mol. The smallest absolute Gasteiger partial charge is 0.145 e. The minimum absolute atomic E-state index is 0.0222. The fraction of sp³-hybridized carbons (Fsp3) is 0.667. The van der Waals surface area contributed by atoms with Gasteiger partial charge in [-0.2, -0.15) is 0 Å². The van der Waals surface area contributed by atoms with Crippen LogP contribution in [0.5, 0.6) is 0 Å². The summed E-state index contributed by atoms with van der Waals surface area (Å²) in [6, 6.07) is 1.86. The summed E-state index contributed by atoms with van der Waals surface area (Å²) in [4.78, 5) is 8.49. The molecule has 0 bridgehead atoms. The highest BCUT2D eigenvalue weighted by molar-refractivity contribution is 4.98. The summed E-state index contributed by atoms with van der Waals surface area (Å²) in [6.07, 6.45) is 8.64. The first-order chi connectivity index (χ1) is 7.27. The molecule has 3 atom stereocenters. The molecule has 82 valence electrons. The highest BCUT2D eigenvalue weighted by Crippen LogP contribution is 2.34. The highest BCUT2D eigenvalue weighted by atomic mass is 14.9. The molecule has 3 nitrogen and oxygen atoms in total. The van der Waals surface area contributed by atoms with Gasteiger partial charge < -0.3 is 5.73 Å². The second-order valence-electron chi connectivity index (χ2n) is 4.66. The first kappa shape index (κ1) is 10.6. The summed E-state index contributed by atoms with van der Waals surface area (Å²) in [5.74, 6) is 2.17. The maximum atomic E-state index is 6.21. The second-order valence-corrected chi connectivity index (χ2v) is 4.66. The van der Waals surface area contributed by atoms with E-state index in [1.807, 2.05) is 6.07 Å². The van der Waals surface area contributed by atoms with Crippen molar-refractivity contribution >= 4 is 0 Å². The number of nitrogens with zero attached hydrogens (tertiary/aromatic N) is 2. The quantitative estimate of drug-likeness (QED) is 0.806. The lowest BCUT2D eigenvalue weighted by Gasteiger charge is -2.30. The van der Waals surface area contributed by atoms with Gasteiger partial charge in [-0.3, -0.25) is 0 Å². The van der Waals surface area contributed by atoms with Gasteiger partial charge in [-0.25, -0.2) is 9.97 Å². The molecule has 0 radical (unpaired) electrons. The Kier molecular flexibility index (Phi) is 3.31. The van der Waals surface area contributed by atoms with Gasteiger partial charge in [0.15, 0.2) is 0 Å². The molecule has 0 amide bonds. The minimum atomic E-state index is 0.0222. The Morgan fingerprint density at radius 1 is 1.33 bits per heavy atom. The molecule has 2 N–H and O–H groups in total. The van der Waals surface area contributed by atoms with Gasteiger partial charge in [0.1, 0.15) is 5.82 Å². The molecular weight excluding hydrogens is 186 g/mol. The molecular formula is C12H19N3. The zero-order valence-corrected chi connectivity index (χ0v) is 9.26. The third-order valence-electron chi connectivity index (χ3n) is 3.37. The maximum absolute atomic E-state index is 6.21. The summed E-state index contributed by atoms with van der Waals surface area (Å²) in [5.41, 5.74) is 6.21. The lowest BCUT2D eigenvalue weighted by Crippen LogP contribution is -2.27. The van der Waals surface area contributed by atoms with E-state index >= 15 is 0 Å². The zero-order chi connectivity index (χ0) is 10.7. The van der Waals surface area contributed by atoms with Crippen molar-refractivity contribution in [3.05, 3.63) is 24.3 Å². The van der Waals surface area contributed by atoms with Gasteiger partial charge in [0.25, 0.3) is 0 Å². The Hall–Kier alpha value is -0.960. The Morgan fingerprint density at radius 2 is 2.07 bits per heavy atom. The molecule has 1 heterocycles. The van der Waals surface area contributed by atoms with Crippen molar-refractivity contribution in [3.63, 3.8) is 0 Å². The van der Waals surface area contributed by atoms with Crippen LogP contribution in [0.4, 0.5) is 0 Å². The van der Waals surface area contributed by atoms with Gasteiger partial charge in [-0.05, 0) is 30.7 Å². The summed E-state index contributed by atoms with van der Waals surface area (Å²) in [5, 5.41) is 0. The van der Waals surface area contributed by atoms with E-state index in [9.17, 15) is 0 Å². The van der Waals surface area contributed by atoms with Crippen LogP contribution in [0.2, 0.25) is 0 Å². The molecule has 1 aromatic rings. The lowest BCUT2D eigenvalue weighted by atomic mass is 9.78.